The Bertz CT molecular complexity index is 172. The quantitative estimate of drug-likeness (QED) is 0.637. The highest BCUT2D eigenvalue weighted by Gasteiger charge is 2.29. The normalized spacial score (nSPS) is 14.2. The van der Waals surface area contributed by atoms with Gasteiger partial charge in [0.05, 0.1) is 13.2 Å². The second-order valence-corrected chi connectivity index (χ2v) is 2.41. The molecule has 0 aliphatic rings. The molecule has 0 aromatic heterocycles. The maximum absolute atomic E-state index is 11.7. The number of ether oxygens (including phenoxy) is 1. The standard InChI is InChI=1S/C6H11F3N2O2/c1-13-2-4(5(10)12)11-3-6(7,8)9/h4,11H,2-3H2,1H3,(H2,10,12). The lowest BCUT2D eigenvalue weighted by atomic mass is 10.3. The minimum absolute atomic E-state index is 0.175. The van der Waals surface area contributed by atoms with E-state index in [2.05, 4.69) is 4.74 Å². The molecule has 1 amide bonds. The van der Waals surface area contributed by atoms with E-state index >= 15 is 0 Å². The van der Waals surface area contributed by atoms with Gasteiger partial charge in [-0.05, 0) is 0 Å². The second-order valence-electron chi connectivity index (χ2n) is 2.41. The van der Waals surface area contributed by atoms with Crippen LogP contribution < -0.4 is 11.1 Å². The number of carbonyl (C=O) groups excluding carboxylic acids is 1. The van der Waals surface area contributed by atoms with Crippen LogP contribution in [0.1, 0.15) is 0 Å². The first-order valence-corrected chi connectivity index (χ1v) is 3.45. The Kier molecular flexibility index (Phi) is 4.71. The summed E-state index contributed by atoms with van der Waals surface area (Å²) in [7, 11) is 1.27. The fourth-order valence-electron chi connectivity index (χ4n) is 0.647. The summed E-state index contributed by atoms with van der Waals surface area (Å²) in [6.07, 6.45) is -4.36. The number of alkyl halides is 3. The van der Waals surface area contributed by atoms with Gasteiger partial charge in [0.2, 0.25) is 5.91 Å². The highest BCUT2D eigenvalue weighted by atomic mass is 19.4. The maximum atomic E-state index is 11.7. The van der Waals surface area contributed by atoms with Gasteiger partial charge in [0.15, 0.2) is 0 Å². The van der Waals surface area contributed by atoms with Crippen molar-refractivity contribution in [3.05, 3.63) is 0 Å². The van der Waals surface area contributed by atoms with Crippen LogP contribution in [0, 0.1) is 0 Å². The van der Waals surface area contributed by atoms with Crippen LogP contribution in [0.5, 0.6) is 0 Å². The summed E-state index contributed by atoms with van der Waals surface area (Å²) in [6.45, 7) is -1.44. The van der Waals surface area contributed by atoms with E-state index in [1.807, 2.05) is 5.32 Å². The molecule has 0 radical (unpaired) electrons. The van der Waals surface area contributed by atoms with Crippen molar-refractivity contribution in [2.45, 2.75) is 12.2 Å². The van der Waals surface area contributed by atoms with Crippen LogP contribution in [0.15, 0.2) is 0 Å². The van der Waals surface area contributed by atoms with E-state index in [0.29, 0.717) is 0 Å². The van der Waals surface area contributed by atoms with E-state index in [1.165, 1.54) is 7.11 Å². The SMILES string of the molecule is COCC(NCC(F)(F)F)C(N)=O. The number of rotatable bonds is 5. The molecule has 0 saturated heterocycles. The number of hydrogen-bond acceptors (Lipinski definition) is 3. The predicted molar refractivity (Wildman–Crippen MR) is 38.9 cm³/mol. The van der Waals surface area contributed by atoms with Gasteiger partial charge in [0.1, 0.15) is 6.04 Å². The molecule has 1 unspecified atom stereocenters. The first-order chi connectivity index (χ1) is 5.87. The largest absolute Gasteiger partial charge is 0.401 e. The zero-order valence-corrected chi connectivity index (χ0v) is 7.02. The number of primary amides is 1. The topological polar surface area (TPSA) is 64.3 Å². The summed E-state index contributed by atoms with van der Waals surface area (Å²) in [4.78, 5) is 10.5. The number of halogens is 3. The molecule has 4 nitrogen and oxygen atoms in total. The fourth-order valence-corrected chi connectivity index (χ4v) is 0.647. The van der Waals surface area contributed by atoms with Crippen LogP contribution in [-0.2, 0) is 9.53 Å². The summed E-state index contributed by atoms with van der Waals surface area (Å²) in [5.41, 5.74) is 4.80. The number of nitrogens with two attached hydrogens (primary N) is 1. The predicted octanol–water partition coefficient (Wildman–Crippen LogP) is -0.361. The Morgan fingerprint density at radius 1 is 1.62 bits per heavy atom. The van der Waals surface area contributed by atoms with Crippen molar-refractivity contribution in [3.63, 3.8) is 0 Å². The molecule has 0 spiro atoms. The van der Waals surface area contributed by atoms with E-state index in [1.54, 1.807) is 0 Å². The van der Waals surface area contributed by atoms with Gasteiger partial charge in [-0.2, -0.15) is 13.2 Å². The van der Waals surface area contributed by atoms with Crippen LogP contribution in [-0.4, -0.2) is 38.4 Å². The summed E-state index contributed by atoms with van der Waals surface area (Å²) in [6, 6.07) is -1.10. The Morgan fingerprint density at radius 2 is 2.15 bits per heavy atom. The lowest BCUT2D eigenvalue weighted by Crippen LogP contribution is -2.47. The molecular formula is C6H11F3N2O2. The molecule has 0 fully saturated rings. The van der Waals surface area contributed by atoms with Gasteiger partial charge in [-0.3, -0.25) is 10.1 Å². The number of amides is 1. The van der Waals surface area contributed by atoms with Gasteiger partial charge >= 0.3 is 6.18 Å². The molecule has 0 aromatic carbocycles. The van der Waals surface area contributed by atoms with E-state index in [9.17, 15) is 18.0 Å². The number of carbonyl (C=O) groups is 1. The molecule has 0 heterocycles. The van der Waals surface area contributed by atoms with Crippen molar-refractivity contribution in [3.8, 4) is 0 Å². The zero-order chi connectivity index (χ0) is 10.5. The molecule has 0 saturated carbocycles. The summed E-state index contributed by atoms with van der Waals surface area (Å²) >= 11 is 0. The average molecular weight is 200 g/mol. The summed E-state index contributed by atoms with van der Waals surface area (Å²) in [5.74, 6) is -0.869. The minimum Gasteiger partial charge on any atom is -0.383 e. The zero-order valence-electron chi connectivity index (χ0n) is 7.02. The van der Waals surface area contributed by atoms with Crippen molar-refractivity contribution < 1.29 is 22.7 Å². The third-order valence-corrected chi connectivity index (χ3v) is 1.23. The Balaban J connectivity index is 3.90. The summed E-state index contributed by atoms with van der Waals surface area (Å²) < 4.78 is 39.5. The van der Waals surface area contributed by atoms with E-state index in [0.717, 1.165) is 0 Å². The molecule has 0 aliphatic heterocycles. The molecule has 78 valence electrons. The highest BCUT2D eigenvalue weighted by molar-refractivity contribution is 5.79. The average Bonchev–Trinajstić information content (AvgIpc) is 1.95. The molecule has 0 aromatic rings. The van der Waals surface area contributed by atoms with Gasteiger partial charge in [-0.1, -0.05) is 0 Å². The van der Waals surface area contributed by atoms with E-state index in [-0.39, 0.29) is 6.61 Å². The van der Waals surface area contributed by atoms with Gasteiger partial charge in [-0.25, -0.2) is 0 Å². The van der Waals surface area contributed by atoms with Crippen LogP contribution in [0.2, 0.25) is 0 Å². The van der Waals surface area contributed by atoms with Gasteiger partial charge < -0.3 is 10.5 Å². The minimum atomic E-state index is -4.36. The van der Waals surface area contributed by atoms with Crippen molar-refractivity contribution in [1.29, 1.82) is 0 Å². The summed E-state index contributed by atoms with van der Waals surface area (Å²) in [5, 5.41) is 1.94. The van der Waals surface area contributed by atoms with Crippen LogP contribution >= 0.6 is 0 Å². The van der Waals surface area contributed by atoms with E-state index in [4.69, 9.17) is 5.73 Å². The lowest BCUT2D eigenvalue weighted by Gasteiger charge is -2.15. The van der Waals surface area contributed by atoms with Gasteiger partial charge in [-0.15, -0.1) is 0 Å². The van der Waals surface area contributed by atoms with Crippen molar-refractivity contribution in [2.75, 3.05) is 20.3 Å². The molecule has 0 bridgehead atoms. The molecule has 0 aliphatic carbocycles. The molecule has 0 rings (SSSR count). The molecular weight excluding hydrogens is 189 g/mol. The third kappa shape index (κ3) is 6.35. The second kappa shape index (κ2) is 5.03. The number of hydrogen-bond donors (Lipinski definition) is 2. The smallest absolute Gasteiger partial charge is 0.383 e. The maximum Gasteiger partial charge on any atom is 0.401 e. The van der Waals surface area contributed by atoms with Crippen LogP contribution in [0.4, 0.5) is 13.2 Å². The van der Waals surface area contributed by atoms with Gasteiger partial charge in [0.25, 0.3) is 0 Å². The first-order valence-electron chi connectivity index (χ1n) is 3.45. The molecule has 13 heavy (non-hydrogen) atoms. The number of nitrogens with one attached hydrogen (secondary N) is 1. The van der Waals surface area contributed by atoms with E-state index < -0.39 is 24.7 Å². The van der Waals surface area contributed by atoms with Crippen molar-refractivity contribution >= 4 is 5.91 Å². The molecule has 1 atom stereocenters. The Morgan fingerprint density at radius 3 is 2.46 bits per heavy atom. The third-order valence-electron chi connectivity index (χ3n) is 1.23. The Labute approximate surface area is 73.2 Å². The number of methoxy groups -OCH3 is 1. The monoisotopic (exact) mass is 200 g/mol. The fraction of sp³-hybridized carbons (Fsp3) is 0.833. The molecule has 3 N–H and O–H groups in total. The van der Waals surface area contributed by atoms with Gasteiger partial charge in [0, 0.05) is 7.11 Å². The van der Waals surface area contributed by atoms with Crippen LogP contribution in [0.3, 0.4) is 0 Å². The molecule has 7 heteroatoms. The lowest BCUT2D eigenvalue weighted by molar-refractivity contribution is -0.132. The Hall–Kier alpha value is -0.820. The van der Waals surface area contributed by atoms with Crippen molar-refractivity contribution in [1.82, 2.24) is 5.32 Å². The first kappa shape index (κ1) is 12.2. The van der Waals surface area contributed by atoms with Crippen molar-refractivity contribution in [2.24, 2.45) is 5.73 Å². The van der Waals surface area contributed by atoms with Crippen LogP contribution in [0.25, 0.3) is 0 Å². The highest BCUT2D eigenvalue weighted by Crippen LogP contribution is 2.12.